The maximum absolute atomic E-state index is 12.4. The summed E-state index contributed by atoms with van der Waals surface area (Å²) >= 11 is 0. The van der Waals surface area contributed by atoms with Gasteiger partial charge >= 0.3 is 6.18 Å². The molecule has 0 aromatic carbocycles. The Morgan fingerprint density at radius 3 is 2.11 bits per heavy atom. The zero-order valence-corrected chi connectivity index (χ0v) is 11.8. The number of alkyl halides is 3. The molecule has 2 nitrogen and oxygen atoms in total. The Morgan fingerprint density at radius 1 is 1.22 bits per heavy atom. The Balaban J connectivity index is 0.000000631. The van der Waals surface area contributed by atoms with Crippen LogP contribution in [-0.4, -0.2) is 9.55 Å². The Kier molecular flexibility index (Phi) is 7.02. The lowest BCUT2D eigenvalue weighted by atomic mass is 10.1. The summed E-state index contributed by atoms with van der Waals surface area (Å²) in [6.07, 6.45) is -0.938. The van der Waals surface area contributed by atoms with Gasteiger partial charge in [-0.2, -0.15) is 13.2 Å². The first-order chi connectivity index (χ1) is 8.18. The first-order valence-corrected chi connectivity index (χ1v) is 6.26. The van der Waals surface area contributed by atoms with E-state index in [1.165, 1.54) is 12.4 Å². The molecule has 0 N–H and O–H groups in total. The molecule has 0 saturated carbocycles. The number of imidazole rings is 1. The first-order valence-electron chi connectivity index (χ1n) is 6.26. The SMILES string of the molecule is CC(C)C.CCC(C)Cn1ccnc1C(F)(F)F. The molecule has 18 heavy (non-hydrogen) atoms. The van der Waals surface area contributed by atoms with Gasteiger partial charge in [-0.15, -0.1) is 0 Å². The van der Waals surface area contributed by atoms with E-state index in [1.54, 1.807) is 0 Å². The van der Waals surface area contributed by atoms with E-state index in [4.69, 9.17) is 0 Å². The third-order valence-corrected chi connectivity index (χ3v) is 2.17. The molecule has 1 rings (SSSR count). The second-order valence-corrected chi connectivity index (χ2v) is 5.15. The van der Waals surface area contributed by atoms with E-state index in [1.807, 2.05) is 13.8 Å². The average molecular weight is 264 g/mol. The van der Waals surface area contributed by atoms with E-state index in [0.29, 0.717) is 6.54 Å². The summed E-state index contributed by atoms with van der Waals surface area (Å²) in [5, 5.41) is 0. The van der Waals surface area contributed by atoms with Crippen molar-refractivity contribution in [1.82, 2.24) is 9.55 Å². The van der Waals surface area contributed by atoms with Gasteiger partial charge in [0.1, 0.15) is 0 Å². The molecule has 0 radical (unpaired) electrons. The fourth-order valence-corrected chi connectivity index (χ4v) is 1.18. The van der Waals surface area contributed by atoms with E-state index in [-0.39, 0.29) is 5.92 Å². The number of nitrogens with zero attached hydrogens (tertiary/aromatic N) is 2. The van der Waals surface area contributed by atoms with Crippen LogP contribution in [0.5, 0.6) is 0 Å². The molecule has 0 spiro atoms. The molecule has 1 heterocycles. The minimum Gasteiger partial charge on any atom is -0.327 e. The molecule has 0 aliphatic heterocycles. The van der Waals surface area contributed by atoms with Crippen LogP contribution in [0.1, 0.15) is 46.9 Å². The predicted molar refractivity (Wildman–Crippen MR) is 67.2 cm³/mol. The minimum absolute atomic E-state index is 0.227. The monoisotopic (exact) mass is 264 g/mol. The van der Waals surface area contributed by atoms with Gasteiger partial charge in [0.2, 0.25) is 5.82 Å². The molecular formula is C13H23F3N2. The second kappa shape index (κ2) is 7.44. The number of hydrogen-bond donors (Lipinski definition) is 0. The lowest BCUT2D eigenvalue weighted by Gasteiger charge is -2.13. The van der Waals surface area contributed by atoms with E-state index in [0.717, 1.165) is 16.9 Å². The number of rotatable bonds is 3. The summed E-state index contributed by atoms with van der Waals surface area (Å²) in [4.78, 5) is 3.31. The van der Waals surface area contributed by atoms with Crippen LogP contribution in [0.4, 0.5) is 13.2 Å². The highest BCUT2D eigenvalue weighted by molar-refractivity contribution is 4.96. The molecule has 1 aromatic heterocycles. The van der Waals surface area contributed by atoms with E-state index in [2.05, 4.69) is 25.8 Å². The third kappa shape index (κ3) is 6.67. The smallest absolute Gasteiger partial charge is 0.327 e. The molecule has 1 aromatic rings. The molecule has 5 heteroatoms. The van der Waals surface area contributed by atoms with Crippen molar-refractivity contribution in [3.63, 3.8) is 0 Å². The topological polar surface area (TPSA) is 17.8 Å². The minimum atomic E-state index is -4.35. The second-order valence-electron chi connectivity index (χ2n) is 5.15. The quantitative estimate of drug-likeness (QED) is 0.779. The van der Waals surface area contributed by atoms with Crippen LogP contribution in [0.15, 0.2) is 12.4 Å². The average Bonchev–Trinajstić information content (AvgIpc) is 2.64. The van der Waals surface area contributed by atoms with Crippen LogP contribution in [0.3, 0.4) is 0 Å². The predicted octanol–water partition coefficient (Wildman–Crippen LogP) is 4.61. The van der Waals surface area contributed by atoms with Gasteiger partial charge in [-0.25, -0.2) is 4.98 Å². The summed E-state index contributed by atoms with van der Waals surface area (Å²) in [6.45, 7) is 10.7. The Hall–Kier alpha value is -1.00. The Bertz CT molecular complexity index is 326. The maximum Gasteiger partial charge on any atom is 0.449 e. The molecular weight excluding hydrogens is 241 g/mol. The fraction of sp³-hybridized carbons (Fsp3) is 0.769. The van der Waals surface area contributed by atoms with Crippen molar-refractivity contribution in [2.45, 2.75) is 53.8 Å². The number of halogens is 3. The van der Waals surface area contributed by atoms with E-state index in [9.17, 15) is 13.2 Å². The Labute approximate surface area is 107 Å². The van der Waals surface area contributed by atoms with Gasteiger partial charge in [0, 0.05) is 18.9 Å². The third-order valence-electron chi connectivity index (χ3n) is 2.17. The van der Waals surface area contributed by atoms with Crippen LogP contribution < -0.4 is 0 Å². The van der Waals surface area contributed by atoms with Crippen molar-refractivity contribution < 1.29 is 13.2 Å². The van der Waals surface area contributed by atoms with Crippen LogP contribution in [0.2, 0.25) is 0 Å². The van der Waals surface area contributed by atoms with Crippen molar-refractivity contribution in [2.75, 3.05) is 0 Å². The van der Waals surface area contributed by atoms with Crippen molar-refractivity contribution in [3.8, 4) is 0 Å². The summed E-state index contributed by atoms with van der Waals surface area (Å²) in [6, 6.07) is 0. The summed E-state index contributed by atoms with van der Waals surface area (Å²) in [7, 11) is 0. The molecule has 1 atom stereocenters. The molecule has 106 valence electrons. The van der Waals surface area contributed by atoms with Crippen molar-refractivity contribution in [2.24, 2.45) is 11.8 Å². The molecule has 0 fully saturated rings. The standard InChI is InChI=1S/C9H13F3N2.C4H10/c1-3-7(2)6-14-5-4-13-8(14)9(10,11)12;1-4(2)3/h4-5,7H,3,6H2,1-2H3;4H,1-3H3. The van der Waals surface area contributed by atoms with Gasteiger partial charge in [-0.05, 0) is 11.8 Å². The zero-order valence-electron chi connectivity index (χ0n) is 11.8. The maximum atomic E-state index is 12.4. The van der Waals surface area contributed by atoms with E-state index < -0.39 is 12.0 Å². The highest BCUT2D eigenvalue weighted by Crippen LogP contribution is 2.28. The number of hydrogen-bond acceptors (Lipinski definition) is 1. The van der Waals surface area contributed by atoms with Gasteiger partial charge in [0.25, 0.3) is 0 Å². The van der Waals surface area contributed by atoms with Crippen LogP contribution >= 0.6 is 0 Å². The normalized spacial score (nSPS) is 13.2. The van der Waals surface area contributed by atoms with Gasteiger partial charge < -0.3 is 4.57 Å². The highest BCUT2D eigenvalue weighted by Gasteiger charge is 2.36. The zero-order chi connectivity index (χ0) is 14.3. The van der Waals surface area contributed by atoms with Crippen molar-refractivity contribution >= 4 is 0 Å². The van der Waals surface area contributed by atoms with Gasteiger partial charge in [-0.1, -0.05) is 41.0 Å². The fourth-order valence-electron chi connectivity index (χ4n) is 1.18. The first kappa shape index (κ1) is 17.0. The molecule has 0 aliphatic rings. The highest BCUT2D eigenvalue weighted by atomic mass is 19.4. The van der Waals surface area contributed by atoms with Gasteiger partial charge in [0.05, 0.1) is 0 Å². The van der Waals surface area contributed by atoms with Gasteiger partial charge in [0.15, 0.2) is 0 Å². The largest absolute Gasteiger partial charge is 0.449 e. The van der Waals surface area contributed by atoms with Crippen LogP contribution in [-0.2, 0) is 12.7 Å². The lowest BCUT2D eigenvalue weighted by molar-refractivity contribution is -0.147. The van der Waals surface area contributed by atoms with Crippen LogP contribution in [0.25, 0.3) is 0 Å². The summed E-state index contributed by atoms with van der Waals surface area (Å²) in [5.74, 6) is 0.253. The molecule has 0 bridgehead atoms. The van der Waals surface area contributed by atoms with E-state index >= 15 is 0 Å². The molecule has 0 aliphatic carbocycles. The number of aromatic nitrogens is 2. The van der Waals surface area contributed by atoms with Crippen LogP contribution in [0, 0.1) is 11.8 Å². The van der Waals surface area contributed by atoms with Crippen molar-refractivity contribution in [1.29, 1.82) is 0 Å². The molecule has 0 amide bonds. The Morgan fingerprint density at radius 2 is 1.72 bits per heavy atom. The van der Waals surface area contributed by atoms with Gasteiger partial charge in [-0.3, -0.25) is 0 Å². The summed E-state index contributed by atoms with van der Waals surface area (Å²) in [5.41, 5.74) is 0. The summed E-state index contributed by atoms with van der Waals surface area (Å²) < 4.78 is 38.2. The molecule has 0 saturated heterocycles. The molecule has 1 unspecified atom stereocenters. The van der Waals surface area contributed by atoms with Crippen molar-refractivity contribution in [3.05, 3.63) is 18.2 Å². The lowest BCUT2D eigenvalue weighted by Crippen LogP contribution is -2.17.